The Bertz CT molecular complexity index is 588. The molecule has 0 radical (unpaired) electrons. The molecule has 1 atom stereocenters. The Morgan fingerprint density at radius 3 is 2.24 bits per heavy atom. The Kier molecular flexibility index (Phi) is 4.46. The zero-order valence-electron chi connectivity index (χ0n) is 12.3. The maximum absolute atomic E-state index is 6.73. The van der Waals surface area contributed by atoms with Crippen molar-refractivity contribution in [3.63, 3.8) is 0 Å². The molecule has 0 aromatic heterocycles. The quantitative estimate of drug-likeness (QED) is 0.845. The van der Waals surface area contributed by atoms with Crippen molar-refractivity contribution in [1.82, 2.24) is 0 Å². The summed E-state index contributed by atoms with van der Waals surface area (Å²) in [5, 5.41) is 0. The van der Waals surface area contributed by atoms with E-state index in [9.17, 15) is 0 Å². The van der Waals surface area contributed by atoms with E-state index in [0.717, 1.165) is 6.42 Å². The van der Waals surface area contributed by atoms with Gasteiger partial charge in [-0.05, 0) is 36.5 Å². The van der Waals surface area contributed by atoms with Crippen LogP contribution in [-0.2, 0) is 11.8 Å². The monoisotopic (exact) mass is 343 g/mol. The molecule has 0 saturated heterocycles. The fraction of sp³-hybridized carbons (Fsp3) is 0.368. The highest BCUT2D eigenvalue weighted by molar-refractivity contribution is 9.10. The Labute approximate surface area is 135 Å². The summed E-state index contributed by atoms with van der Waals surface area (Å²) in [5.74, 6) is 0. The summed E-state index contributed by atoms with van der Waals surface area (Å²) in [6.07, 6.45) is 5.93. The summed E-state index contributed by atoms with van der Waals surface area (Å²) < 4.78 is 1.17. The molecule has 110 valence electrons. The minimum absolute atomic E-state index is 0.149. The van der Waals surface area contributed by atoms with Crippen molar-refractivity contribution >= 4 is 15.9 Å². The predicted octanol–water partition coefficient (Wildman–Crippen LogP) is 4.83. The molecule has 21 heavy (non-hydrogen) atoms. The van der Waals surface area contributed by atoms with Crippen LogP contribution < -0.4 is 5.73 Å². The third kappa shape index (κ3) is 2.93. The first-order chi connectivity index (χ1) is 10.2. The van der Waals surface area contributed by atoms with Crippen molar-refractivity contribution < 1.29 is 0 Å². The Morgan fingerprint density at radius 1 is 0.952 bits per heavy atom. The molecule has 1 saturated carbocycles. The molecule has 2 heteroatoms. The van der Waals surface area contributed by atoms with E-state index in [1.165, 1.54) is 41.3 Å². The number of hydrogen-bond donors (Lipinski definition) is 1. The van der Waals surface area contributed by atoms with Crippen LogP contribution in [0, 0.1) is 0 Å². The van der Waals surface area contributed by atoms with Gasteiger partial charge >= 0.3 is 0 Å². The molecule has 0 aliphatic heterocycles. The van der Waals surface area contributed by atoms with E-state index in [0.29, 0.717) is 0 Å². The predicted molar refractivity (Wildman–Crippen MR) is 92.4 cm³/mol. The van der Waals surface area contributed by atoms with E-state index in [-0.39, 0.29) is 11.5 Å². The van der Waals surface area contributed by atoms with Crippen LogP contribution in [-0.4, -0.2) is 6.04 Å². The number of hydrogen-bond acceptors (Lipinski definition) is 1. The molecule has 2 N–H and O–H groups in total. The molecular formula is C19H22BrN. The Hall–Kier alpha value is -1.12. The van der Waals surface area contributed by atoms with Crippen molar-refractivity contribution in [2.45, 2.75) is 43.6 Å². The average Bonchev–Trinajstić information content (AvgIpc) is 3.01. The van der Waals surface area contributed by atoms with Gasteiger partial charge in [0.05, 0.1) is 0 Å². The van der Waals surface area contributed by atoms with Gasteiger partial charge in [-0.25, -0.2) is 0 Å². The number of benzene rings is 2. The summed E-state index contributed by atoms with van der Waals surface area (Å²) >= 11 is 3.65. The molecule has 2 aromatic carbocycles. The van der Waals surface area contributed by atoms with Crippen LogP contribution >= 0.6 is 15.9 Å². The summed E-state index contributed by atoms with van der Waals surface area (Å²) in [6.45, 7) is 0. The highest BCUT2D eigenvalue weighted by atomic mass is 79.9. The summed E-state index contributed by atoms with van der Waals surface area (Å²) in [5.41, 5.74) is 9.61. The zero-order valence-corrected chi connectivity index (χ0v) is 13.9. The van der Waals surface area contributed by atoms with Gasteiger partial charge in [0.15, 0.2) is 0 Å². The molecule has 1 fully saturated rings. The van der Waals surface area contributed by atoms with Crippen LogP contribution in [0.3, 0.4) is 0 Å². The molecule has 0 bridgehead atoms. The fourth-order valence-electron chi connectivity index (χ4n) is 3.75. The van der Waals surface area contributed by atoms with Crippen molar-refractivity contribution in [2.75, 3.05) is 0 Å². The smallest absolute Gasteiger partial charge is 0.0207 e. The molecule has 1 nitrogen and oxygen atoms in total. The van der Waals surface area contributed by atoms with E-state index in [1.54, 1.807) is 0 Å². The minimum Gasteiger partial charge on any atom is -0.327 e. The van der Waals surface area contributed by atoms with Gasteiger partial charge in [0.25, 0.3) is 0 Å². The largest absolute Gasteiger partial charge is 0.327 e. The second kappa shape index (κ2) is 6.33. The van der Waals surface area contributed by atoms with Crippen LogP contribution in [0.15, 0.2) is 59.1 Å². The van der Waals surface area contributed by atoms with Crippen molar-refractivity contribution in [3.8, 4) is 0 Å². The maximum atomic E-state index is 6.73. The van der Waals surface area contributed by atoms with E-state index < -0.39 is 0 Å². The summed E-state index contributed by atoms with van der Waals surface area (Å²) in [4.78, 5) is 0. The topological polar surface area (TPSA) is 26.0 Å². The Morgan fingerprint density at radius 2 is 1.57 bits per heavy atom. The lowest BCUT2D eigenvalue weighted by Gasteiger charge is -2.36. The number of rotatable bonds is 4. The number of nitrogens with two attached hydrogens (primary N) is 1. The van der Waals surface area contributed by atoms with Gasteiger partial charge in [-0.3, -0.25) is 0 Å². The van der Waals surface area contributed by atoms with Crippen LogP contribution in [0.1, 0.15) is 36.8 Å². The van der Waals surface area contributed by atoms with Gasteiger partial charge in [0.1, 0.15) is 0 Å². The normalized spacial score (nSPS) is 18.6. The molecule has 1 unspecified atom stereocenters. The minimum atomic E-state index is 0.149. The molecule has 0 amide bonds. The van der Waals surface area contributed by atoms with Crippen molar-refractivity contribution in [2.24, 2.45) is 5.73 Å². The van der Waals surface area contributed by atoms with Crippen molar-refractivity contribution in [3.05, 3.63) is 70.2 Å². The molecular weight excluding hydrogens is 322 g/mol. The standard InChI is InChI=1S/C19H22BrN/c20-17-11-5-4-8-15(17)14-18(21)19(12-6-7-13-19)16-9-2-1-3-10-16/h1-5,8-11,18H,6-7,12-14,21H2. The lowest BCUT2D eigenvalue weighted by atomic mass is 9.71. The summed E-state index contributed by atoms with van der Waals surface area (Å²) in [6, 6.07) is 19.5. The fourth-order valence-corrected chi connectivity index (χ4v) is 4.19. The molecule has 3 rings (SSSR count). The highest BCUT2D eigenvalue weighted by Crippen LogP contribution is 2.44. The molecule has 2 aromatic rings. The van der Waals surface area contributed by atoms with Gasteiger partial charge < -0.3 is 5.73 Å². The highest BCUT2D eigenvalue weighted by Gasteiger charge is 2.40. The van der Waals surface area contributed by atoms with E-state index in [4.69, 9.17) is 5.73 Å². The van der Waals surface area contributed by atoms with Crippen LogP contribution in [0.5, 0.6) is 0 Å². The second-order valence-electron chi connectivity index (χ2n) is 6.13. The van der Waals surface area contributed by atoms with Crippen LogP contribution in [0.4, 0.5) is 0 Å². The second-order valence-corrected chi connectivity index (χ2v) is 6.99. The van der Waals surface area contributed by atoms with Gasteiger partial charge in [-0.1, -0.05) is 77.3 Å². The average molecular weight is 344 g/mol. The molecule has 1 aliphatic carbocycles. The van der Waals surface area contributed by atoms with Crippen LogP contribution in [0.2, 0.25) is 0 Å². The van der Waals surface area contributed by atoms with E-state index in [2.05, 4.69) is 70.5 Å². The lowest BCUT2D eigenvalue weighted by molar-refractivity contribution is 0.347. The van der Waals surface area contributed by atoms with E-state index >= 15 is 0 Å². The molecule has 1 aliphatic rings. The van der Waals surface area contributed by atoms with Crippen molar-refractivity contribution in [1.29, 1.82) is 0 Å². The third-order valence-electron chi connectivity index (χ3n) is 4.95. The van der Waals surface area contributed by atoms with Gasteiger partial charge in [0, 0.05) is 15.9 Å². The first-order valence-electron chi connectivity index (χ1n) is 7.77. The first kappa shape index (κ1) is 14.8. The van der Waals surface area contributed by atoms with Crippen LogP contribution in [0.25, 0.3) is 0 Å². The first-order valence-corrected chi connectivity index (χ1v) is 8.56. The Balaban J connectivity index is 1.90. The summed E-state index contributed by atoms with van der Waals surface area (Å²) in [7, 11) is 0. The van der Waals surface area contributed by atoms with E-state index in [1.807, 2.05) is 0 Å². The lowest BCUT2D eigenvalue weighted by Crippen LogP contribution is -2.45. The number of halogens is 1. The maximum Gasteiger partial charge on any atom is 0.0207 e. The molecule has 0 heterocycles. The third-order valence-corrected chi connectivity index (χ3v) is 5.73. The van der Waals surface area contributed by atoms with Gasteiger partial charge in [-0.2, -0.15) is 0 Å². The zero-order chi connectivity index (χ0) is 14.7. The molecule has 0 spiro atoms. The SMILES string of the molecule is NC(Cc1ccccc1Br)C1(c2ccccc2)CCCC1. The van der Waals surface area contributed by atoms with Gasteiger partial charge in [0.2, 0.25) is 0 Å². The van der Waals surface area contributed by atoms with Gasteiger partial charge in [-0.15, -0.1) is 0 Å².